The Balaban J connectivity index is 2.60. The average molecular weight is 272 g/mol. The topological polar surface area (TPSA) is 74.4 Å². The Hall–Kier alpha value is -2.56. The van der Waals surface area contributed by atoms with Crippen LogP contribution in [0.15, 0.2) is 30.5 Å². The Labute approximate surface area is 117 Å². The predicted octanol–water partition coefficient (Wildman–Crippen LogP) is 2.43. The van der Waals surface area contributed by atoms with Crippen LogP contribution in [0.1, 0.15) is 15.9 Å². The zero-order valence-corrected chi connectivity index (χ0v) is 11.6. The molecule has 0 saturated carbocycles. The van der Waals surface area contributed by atoms with Crippen LogP contribution in [0.2, 0.25) is 0 Å². The van der Waals surface area contributed by atoms with E-state index in [2.05, 4.69) is 4.98 Å². The van der Waals surface area contributed by atoms with Crippen molar-refractivity contribution in [2.45, 2.75) is 6.92 Å². The number of aryl methyl sites for hydroxylation is 1. The lowest BCUT2D eigenvalue weighted by Crippen LogP contribution is -2.06. The molecular weight excluding hydrogens is 256 g/mol. The summed E-state index contributed by atoms with van der Waals surface area (Å²) in [7, 11) is 2.94. The number of anilines is 1. The lowest BCUT2D eigenvalue weighted by Gasteiger charge is -2.11. The molecular formula is C15H16N2O3. The molecule has 0 aliphatic rings. The van der Waals surface area contributed by atoms with Crippen molar-refractivity contribution in [3.63, 3.8) is 0 Å². The van der Waals surface area contributed by atoms with Crippen molar-refractivity contribution >= 4 is 11.8 Å². The van der Waals surface area contributed by atoms with E-state index in [1.54, 1.807) is 13.3 Å². The number of pyridine rings is 1. The van der Waals surface area contributed by atoms with E-state index in [0.717, 1.165) is 16.9 Å². The number of carbonyl (C=O) groups is 1. The second-order valence-electron chi connectivity index (χ2n) is 4.33. The van der Waals surface area contributed by atoms with E-state index < -0.39 is 5.97 Å². The van der Waals surface area contributed by atoms with Crippen LogP contribution in [0, 0.1) is 6.92 Å². The number of nitrogens with zero attached hydrogens (tertiary/aromatic N) is 1. The van der Waals surface area contributed by atoms with Gasteiger partial charge < -0.3 is 15.2 Å². The summed E-state index contributed by atoms with van der Waals surface area (Å²) in [4.78, 5) is 15.9. The van der Waals surface area contributed by atoms with E-state index in [1.807, 2.05) is 25.1 Å². The highest BCUT2D eigenvalue weighted by Gasteiger charge is 2.15. The van der Waals surface area contributed by atoms with Gasteiger partial charge in [-0.05, 0) is 30.2 Å². The number of hydrogen-bond donors (Lipinski definition) is 1. The van der Waals surface area contributed by atoms with E-state index in [1.165, 1.54) is 13.2 Å². The van der Waals surface area contributed by atoms with E-state index in [4.69, 9.17) is 15.2 Å². The molecule has 0 fully saturated rings. The summed E-state index contributed by atoms with van der Waals surface area (Å²) in [5.41, 5.74) is 8.50. The fourth-order valence-corrected chi connectivity index (χ4v) is 1.97. The number of carbonyl (C=O) groups excluding carboxylic acids is 1. The first-order valence-electron chi connectivity index (χ1n) is 6.05. The number of nitrogens with two attached hydrogens (primary N) is 1. The largest absolute Gasteiger partial charge is 0.496 e. The minimum atomic E-state index is -0.450. The quantitative estimate of drug-likeness (QED) is 0.869. The highest BCUT2D eigenvalue weighted by Crippen LogP contribution is 2.29. The summed E-state index contributed by atoms with van der Waals surface area (Å²) in [6.45, 7) is 1.95. The van der Waals surface area contributed by atoms with Gasteiger partial charge in [0.1, 0.15) is 11.6 Å². The van der Waals surface area contributed by atoms with Crippen molar-refractivity contribution in [2.24, 2.45) is 0 Å². The number of benzene rings is 1. The average Bonchev–Trinajstić information content (AvgIpc) is 2.47. The summed E-state index contributed by atoms with van der Waals surface area (Å²) < 4.78 is 10.1. The van der Waals surface area contributed by atoms with Gasteiger partial charge in [-0.15, -0.1) is 0 Å². The lowest BCUT2D eigenvalue weighted by atomic mass is 10.00. The Bertz CT molecular complexity index is 654. The van der Waals surface area contributed by atoms with Gasteiger partial charge in [0.15, 0.2) is 0 Å². The van der Waals surface area contributed by atoms with Gasteiger partial charge in [-0.2, -0.15) is 0 Å². The van der Waals surface area contributed by atoms with Crippen LogP contribution < -0.4 is 10.5 Å². The molecule has 5 heteroatoms. The van der Waals surface area contributed by atoms with Gasteiger partial charge in [0.2, 0.25) is 0 Å². The molecule has 0 bridgehead atoms. The van der Waals surface area contributed by atoms with Crippen LogP contribution in [0.4, 0.5) is 5.82 Å². The molecule has 2 N–H and O–H groups in total. The predicted molar refractivity (Wildman–Crippen MR) is 76.7 cm³/mol. The summed E-state index contributed by atoms with van der Waals surface area (Å²) in [5.74, 6) is 0.567. The first kappa shape index (κ1) is 13.9. The van der Waals surface area contributed by atoms with Crippen molar-refractivity contribution in [1.82, 2.24) is 4.98 Å². The lowest BCUT2D eigenvalue weighted by molar-refractivity contribution is 0.0601. The number of rotatable bonds is 3. The highest BCUT2D eigenvalue weighted by molar-refractivity contribution is 5.97. The second kappa shape index (κ2) is 5.61. The maximum atomic E-state index is 11.8. The van der Waals surface area contributed by atoms with Crippen molar-refractivity contribution in [2.75, 3.05) is 20.0 Å². The third-order valence-electron chi connectivity index (χ3n) is 3.05. The Kier molecular flexibility index (Phi) is 3.89. The van der Waals surface area contributed by atoms with Crippen LogP contribution in [0.3, 0.4) is 0 Å². The van der Waals surface area contributed by atoms with Crippen LogP contribution in [-0.2, 0) is 4.74 Å². The molecule has 104 valence electrons. The SMILES string of the molecule is COC(=O)c1cc(N)ncc1-c1ccc(C)c(OC)c1. The third-order valence-corrected chi connectivity index (χ3v) is 3.05. The smallest absolute Gasteiger partial charge is 0.338 e. The number of nitrogen functional groups attached to an aromatic ring is 1. The minimum Gasteiger partial charge on any atom is -0.496 e. The highest BCUT2D eigenvalue weighted by atomic mass is 16.5. The van der Waals surface area contributed by atoms with Gasteiger partial charge in [0.05, 0.1) is 19.8 Å². The first-order chi connectivity index (χ1) is 9.56. The molecule has 20 heavy (non-hydrogen) atoms. The first-order valence-corrected chi connectivity index (χ1v) is 6.05. The monoisotopic (exact) mass is 272 g/mol. The van der Waals surface area contributed by atoms with Crippen LogP contribution >= 0.6 is 0 Å². The molecule has 0 unspecified atom stereocenters. The van der Waals surface area contributed by atoms with Gasteiger partial charge in [-0.25, -0.2) is 9.78 Å². The molecule has 2 aromatic rings. The maximum Gasteiger partial charge on any atom is 0.338 e. The molecule has 1 aromatic carbocycles. The fourth-order valence-electron chi connectivity index (χ4n) is 1.97. The molecule has 1 aromatic heterocycles. The van der Waals surface area contributed by atoms with E-state index >= 15 is 0 Å². The molecule has 5 nitrogen and oxygen atoms in total. The number of ether oxygens (including phenoxy) is 2. The number of hydrogen-bond acceptors (Lipinski definition) is 5. The van der Waals surface area contributed by atoms with Crippen LogP contribution in [0.5, 0.6) is 5.75 Å². The molecule has 0 spiro atoms. The zero-order chi connectivity index (χ0) is 14.7. The van der Waals surface area contributed by atoms with E-state index in [0.29, 0.717) is 11.1 Å². The van der Waals surface area contributed by atoms with Crippen molar-refractivity contribution in [3.05, 3.63) is 41.6 Å². The van der Waals surface area contributed by atoms with Gasteiger partial charge >= 0.3 is 5.97 Å². The summed E-state index contributed by atoms with van der Waals surface area (Å²) in [5, 5.41) is 0. The van der Waals surface area contributed by atoms with E-state index in [9.17, 15) is 4.79 Å². The van der Waals surface area contributed by atoms with Crippen molar-refractivity contribution in [1.29, 1.82) is 0 Å². The summed E-state index contributed by atoms with van der Waals surface area (Å²) in [6, 6.07) is 7.19. The maximum absolute atomic E-state index is 11.8. The fraction of sp³-hybridized carbons (Fsp3) is 0.200. The summed E-state index contributed by atoms with van der Waals surface area (Å²) >= 11 is 0. The molecule has 0 radical (unpaired) electrons. The number of methoxy groups -OCH3 is 2. The molecule has 0 aliphatic heterocycles. The van der Waals surface area contributed by atoms with Gasteiger partial charge in [-0.3, -0.25) is 0 Å². The van der Waals surface area contributed by atoms with Crippen LogP contribution in [-0.4, -0.2) is 25.2 Å². The molecule has 0 aliphatic carbocycles. The normalized spacial score (nSPS) is 10.2. The minimum absolute atomic E-state index is 0.272. The standard InChI is InChI=1S/C15H16N2O3/c1-9-4-5-10(6-13(9)19-2)12-8-17-14(16)7-11(12)15(18)20-3/h4-8H,1-3H3,(H2,16,17). The van der Waals surface area contributed by atoms with E-state index in [-0.39, 0.29) is 5.82 Å². The Morgan fingerprint density at radius 1 is 1.25 bits per heavy atom. The molecule has 0 amide bonds. The molecule has 2 rings (SSSR count). The van der Waals surface area contributed by atoms with Gasteiger partial charge in [0, 0.05) is 11.8 Å². The third kappa shape index (κ3) is 2.56. The Morgan fingerprint density at radius 2 is 2.00 bits per heavy atom. The Morgan fingerprint density at radius 3 is 2.65 bits per heavy atom. The van der Waals surface area contributed by atoms with Gasteiger partial charge in [-0.1, -0.05) is 12.1 Å². The summed E-state index contributed by atoms with van der Waals surface area (Å²) in [6.07, 6.45) is 1.56. The molecule has 1 heterocycles. The number of aromatic nitrogens is 1. The number of esters is 1. The molecule has 0 saturated heterocycles. The second-order valence-corrected chi connectivity index (χ2v) is 4.33. The van der Waals surface area contributed by atoms with Crippen LogP contribution in [0.25, 0.3) is 11.1 Å². The van der Waals surface area contributed by atoms with Crippen molar-refractivity contribution in [3.8, 4) is 16.9 Å². The zero-order valence-electron chi connectivity index (χ0n) is 11.6. The van der Waals surface area contributed by atoms with Crippen molar-refractivity contribution < 1.29 is 14.3 Å². The molecule has 0 atom stereocenters. The van der Waals surface area contributed by atoms with Gasteiger partial charge in [0.25, 0.3) is 0 Å².